The molecule has 1 fully saturated rings. The second kappa shape index (κ2) is 8.36. The Hall–Kier alpha value is -2.66. The van der Waals surface area contributed by atoms with Crippen molar-refractivity contribution in [1.82, 2.24) is 9.29 Å². The number of rotatable bonds is 5. The number of anilines is 1. The summed E-state index contributed by atoms with van der Waals surface area (Å²) in [5, 5.41) is 5.45. The lowest BCUT2D eigenvalue weighted by molar-refractivity contribution is -0.119. The molecule has 2 aliphatic rings. The van der Waals surface area contributed by atoms with Gasteiger partial charge in [-0.05, 0) is 55.3 Å². The molecule has 8 nitrogen and oxygen atoms in total. The molecule has 0 saturated carbocycles. The zero-order valence-electron chi connectivity index (χ0n) is 16.7. The van der Waals surface area contributed by atoms with Crippen LogP contribution in [0.1, 0.15) is 12.8 Å². The number of thiazole rings is 1. The van der Waals surface area contributed by atoms with E-state index >= 15 is 0 Å². The summed E-state index contributed by atoms with van der Waals surface area (Å²) < 4.78 is 38.1. The highest BCUT2D eigenvalue weighted by Crippen LogP contribution is 2.37. The van der Waals surface area contributed by atoms with E-state index in [2.05, 4.69) is 10.3 Å². The molecule has 5 rings (SSSR count). The molecule has 3 aromatic rings. The quantitative estimate of drug-likeness (QED) is 0.579. The fourth-order valence-corrected chi connectivity index (χ4v) is 6.25. The smallest absolute Gasteiger partial charge is 0.244 e. The van der Waals surface area contributed by atoms with E-state index in [0.29, 0.717) is 40.2 Å². The van der Waals surface area contributed by atoms with E-state index < -0.39 is 22.0 Å². The Morgan fingerprint density at radius 3 is 2.75 bits per heavy atom. The van der Waals surface area contributed by atoms with Gasteiger partial charge >= 0.3 is 0 Å². The lowest BCUT2D eigenvalue weighted by Crippen LogP contribution is -2.43. The van der Waals surface area contributed by atoms with E-state index in [4.69, 9.17) is 21.1 Å². The SMILES string of the molecule is O=C(Nc1nc(-c2ccc3c(c2)OCO3)cs1)C1CCCN1S(=O)(=O)c1ccc(Cl)cc1. The van der Waals surface area contributed by atoms with Gasteiger partial charge in [-0.25, -0.2) is 13.4 Å². The van der Waals surface area contributed by atoms with Crippen molar-refractivity contribution < 1.29 is 22.7 Å². The molecule has 0 aliphatic carbocycles. The molecule has 166 valence electrons. The van der Waals surface area contributed by atoms with Gasteiger partial charge in [-0.3, -0.25) is 4.79 Å². The number of fused-ring (bicyclic) bond motifs is 1. The van der Waals surface area contributed by atoms with Gasteiger partial charge in [0.1, 0.15) is 6.04 Å². The number of aromatic nitrogens is 1. The van der Waals surface area contributed by atoms with E-state index in [9.17, 15) is 13.2 Å². The third kappa shape index (κ3) is 3.95. The zero-order chi connectivity index (χ0) is 22.3. The average Bonchev–Trinajstić information content (AvgIpc) is 3.53. The third-order valence-corrected chi connectivity index (χ3v) is 8.26. The number of nitrogens with one attached hydrogen (secondary N) is 1. The molecule has 1 saturated heterocycles. The van der Waals surface area contributed by atoms with E-state index in [1.807, 2.05) is 23.6 Å². The highest BCUT2D eigenvalue weighted by Gasteiger charge is 2.39. The van der Waals surface area contributed by atoms with Crippen LogP contribution in [0.4, 0.5) is 5.13 Å². The minimum atomic E-state index is -3.81. The van der Waals surface area contributed by atoms with E-state index in [1.54, 1.807) is 0 Å². The van der Waals surface area contributed by atoms with Gasteiger partial charge in [0.25, 0.3) is 0 Å². The van der Waals surface area contributed by atoms with Crippen molar-refractivity contribution in [3.05, 3.63) is 52.9 Å². The molecular formula is C21H18ClN3O5S2. The Morgan fingerprint density at radius 1 is 1.16 bits per heavy atom. The van der Waals surface area contributed by atoms with Crippen LogP contribution in [-0.2, 0) is 14.8 Å². The molecular weight excluding hydrogens is 474 g/mol. The normalized spacial score (nSPS) is 18.1. The fourth-order valence-electron chi connectivity index (χ4n) is 3.74. The number of amides is 1. The van der Waals surface area contributed by atoms with Crippen LogP contribution in [0.3, 0.4) is 0 Å². The van der Waals surface area contributed by atoms with Crippen molar-refractivity contribution in [2.75, 3.05) is 18.7 Å². The molecule has 2 aliphatic heterocycles. The molecule has 1 aromatic heterocycles. The number of hydrogen-bond donors (Lipinski definition) is 1. The largest absolute Gasteiger partial charge is 0.454 e. The third-order valence-electron chi connectivity index (χ3n) is 5.33. The van der Waals surface area contributed by atoms with Crippen LogP contribution >= 0.6 is 22.9 Å². The first-order valence-corrected chi connectivity index (χ1v) is 12.6. The highest BCUT2D eigenvalue weighted by atomic mass is 35.5. The van der Waals surface area contributed by atoms with Crippen molar-refractivity contribution in [2.24, 2.45) is 0 Å². The molecule has 1 unspecified atom stereocenters. The van der Waals surface area contributed by atoms with Gasteiger partial charge in [0.2, 0.25) is 22.7 Å². The van der Waals surface area contributed by atoms with Gasteiger partial charge in [0.05, 0.1) is 10.6 Å². The van der Waals surface area contributed by atoms with Crippen LogP contribution in [0.15, 0.2) is 52.7 Å². The second-order valence-corrected chi connectivity index (χ2v) is 10.5. The molecule has 1 N–H and O–H groups in total. The molecule has 0 bridgehead atoms. The van der Waals surface area contributed by atoms with Gasteiger partial charge in [0.15, 0.2) is 16.6 Å². The summed E-state index contributed by atoms with van der Waals surface area (Å²) in [5.74, 6) is 0.933. The molecule has 0 radical (unpaired) electrons. The first kappa shape index (κ1) is 21.2. The molecule has 1 atom stereocenters. The van der Waals surface area contributed by atoms with E-state index in [0.717, 1.165) is 5.56 Å². The van der Waals surface area contributed by atoms with Gasteiger partial charge < -0.3 is 14.8 Å². The first-order valence-electron chi connectivity index (χ1n) is 9.86. The minimum Gasteiger partial charge on any atom is -0.454 e. The Kier molecular flexibility index (Phi) is 5.54. The standard InChI is InChI=1S/C21H18ClN3O5S2/c22-14-4-6-15(7-5-14)32(27,28)25-9-1-2-17(25)20(26)24-21-23-16(11-31-21)13-3-8-18-19(10-13)30-12-29-18/h3-8,10-11,17H,1-2,9,12H2,(H,23,24,26). The van der Waals surface area contributed by atoms with Crippen molar-refractivity contribution in [3.8, 4) is 22.8 Å². The summed E-state index contributed by atoms with van der Waals surface area (Å²) in [7, 11) is -3.81. The van der Waals surface area contributed by atoms with E-state index in [-0.39, 0.29) is 18.2 Å². The molecule has 3 heterocycles. The first-order chi connectivity index (χ1) is 15.4. The van der Waals surface area contributed by atoms with Crippen molar-refractivity contribution in [1.29, 1.82) is 0 Å². The van der Waals surface area contributed by atoms with Crippen molar-refractivity contribution >= 4 is 44.0 Å². The Morgan fingerprint density at radius 2 is 1.94 bits per heavy atom. The highest BCUT2D eigenvalue weighted by molar-refractivity contribution is 7.89. The molecule has 32 heavy (non-hydrogen) atoms. The van der Waals surface area contributed by atoms with Crippen LogP contribution in [0.2, 0.25) is 5.02 Å². The number of sulfonamides is 1. The van der Waals surface area contributed by atoms with Crippen LogP contribution in [0.25, 0.3) is 11.3 Å². The topological polar surface area (TPSA) is 97.8 Å². The number of carbonyl (C=O) groups excluding carboxylic acids is 1. The molecule has 2 aromatic carbocycles. The van der Waals surface area contributed by atoms with Crippen molar-refractivity contribution in [3.63, 3.8) is 0 Å². The van der Waals surface area contributed by atoms with Crippen LogP contribution < -0.4 is 14.8 Å². The summed E-state index contributed by atoms with van der Waals surface area (Å²) >= 11 is 7.15. The van der Waals surface area contributed by atoms with Gasteiger partial charge in [-0.15, -0.1) is 11.3 Å². The van der Waals surface area contributed by atoms with E-state index in [1.165, 1.54) is 39.9 Å². The average molecular weight is 492 g/mol. The second-order valence-electron chi connectivity index (χ2n) is 7.32. The van der Waals surface area contributed by atoms with Crippen LogP contribution in [0.5, 0.6) is 11.5 Å². The van der Waals surface area contributed by atoms with Crippen LogP contribution in [-0.4, -0.2) is 43.0 Å². The number of hydrogen-bond acceptors (Lipinski definition) is 7. The number of ether oxygens (including phenoxy) is 2. The van der Waals surface area contributed by atoms with Crippen LogP contribution in [0, 0.1) is 0 Å². The summed E-state index contributed by atoms with van der Waals surface area (Å²) in [5.41, 5.74) is 1.51. The zero-order valence-corrected chi connectivity index (χ0v) is 19.0. The van der Waals surface area contributed by atoms with Gasteiger partial charge in [-0.1, -0.05) is 11.6 Å². The summed E-state index contributed by atoms with van der Waals surface area (Å²) in [6, 6.07) is 10.7. The summed E-state index contributed by atoms with van der Waals surface area (Å²) in [4.78, 5) is 17.5. The van der Waals surface area contributed by atoms with Gasteiger partial charge in [-0.2, -0.15) is 4.31 Å². The molecule has 0 spiro atoms. The van der Waals surface area contributed by atoms with Gasteiger partial charge in [0, 0.05) is 22.5 Å². The molecule has 1 amide bonds. The lowest BCUT2D eigenvalue weighted by Gasteiger charge is -2.23. The maximum atomic E-state index is 13.1. The maximum Gasteiger partial charge on any atom is 0.244 e. The lowest BCUT2D eigenvalue weighted by atomic mass is 10.1. The summed E-state index contributed by atoms with van der Waals surface area (Å²) in [6.45, 7) is 0.470. The molecule has 11 heteroatoms. The maximum absolute atomic E-state index is 13.1. The number of halogens is 1. The Balaban J connectivity index is 1.32. The predicted octanol–water partition coefficient (Wildman–Crippen LogP) is 3.98. The Labute approximate surface area is 193 Å². The number of carbonyl (C=O) groups is 1. The monoisotopic (exact) mass is 491 g/mol. The minimum absolute atomic E-state index is 0.112. The Bertz CT molecular complexity index is 1280. The summed E-state index contributed by atoms with van der Waals surface area (Å²) in [6.07, 6.45) is 1.05. The number of nitrogens with zero attached hydrogens (tertiary/aromatic N) is 2. The fraction of sp³-hybridized carbons (Fsp3) is 0.238. The predicted molar refractivity (Wildman–Crippen MR) is 121 cm³/mol. The van der Waals surface area contributed by atoms with Crippen molar-refractivity contribution in [2.45, 2.75) is 23.8 Å². The number of benzene rings is 2.